The van der Waals surface area contributed by atoms with Crippen molar-refractivity contribution in [3.8, 4) is 0 Å². The molecular formula is C12H21NO2S. The zero-order chi connectivity index (χ0) is 11.8. The van der Waals surface area contributed by atoms with E-state index >= 15 is 0 Å². The highest BCUT2D eigenvalue weighted by molar-refractivity contribution is 7.99. The summed E-state index contributed by atoms with van der Waals surface area (Å²) >= 11 is 1.99. The molecule has 0 aliphatic carbocycles. The molecule has 1 N–H and O–H groups in total. The monoisotopic (exact) mass is 243 g/mol. The van der Waals surface area contributed by atoms with Crippen molar-refractivity contribution in [3.63, 3.8) is 0 Å². The van der Waals surface area contributed by atoms with Crippen molar-refractivity contribution in [3.05, 3.63) is 0 Å². The summed E-state index contributed by atoms with van der Waals surface area (Å²) in [5, 5.41) is 9.99. The predicted octanol–water partition coefficient (Wildman–Crippen LogP) is 2.21. The van der Waals surface area contributed by atoms with Gasteiger partial charge in [0.1, 0.15) is 5.54 Å². The Kier molecular flexibility index (Phi) is 3.50. The molecule has 0 aromatic heterocycles. The van der Waals surface area contributed by atoms with Crippen LogP contribution >= 0.6 is 11.8 Å². The van der Waals surface area contributed by atoms with Gasteiger partial charge in [0.25, 0.3) is 0 Å². The number of nitrogens with zero attached hydrogens (tertiary/aromatic N) is 1. The highest BCUT2D eigenvalue weighted by Crippen LogP contribution is 2.38. The normalized spacial score (nSPS) is 41.1. The molecule has 0 bridgehead atoms. The third kappa shape index (κ3) is 1.97. The number of rotatable bonds is 2. The first kappa shape index (κ1) is 12.2. The Hall–Kier alpha value is -0.220. The van der Waals surface area contributed by atoms with E-state index in [1.54, 1.807) is 0 Å². The van der Waals surface area contributed by atoms with E-state index in [4.69, 9.17) is 0 Å². The maximum Gasteiger partial charge on any atom is 0.323 e. The van der Waals surface area contributed by atoms with Gasteiger partial charge in [0.2, 0.25) is 0 Å². The van der Waals surface area contributed by atoms with Crippen LogP contribution in [0.25, 0.3) is 0 Å². The van der Waals surface area contributed by atoms with E-state index in [9.17, 15) is 9.90 Å². The van der Waals surface area contributed by atoms with Crippen LogP contribution in [0.5, 0.6) is 0 Å². The Balaban J connectivity index is 2.15. The van der Waals surface area contributed by atoms with E-state index in [0.29, 0.717) is 11.3 Å². The first-order valence-electron chi connectivity index (χ1n) is 6.17. The molecule has 0 saturated carbocycles. The number of carboxylic acid groups (broad SMARTS) is 1. The van der Waals surface area contributed by atoms with Crippen LogP contribution in [0.15, 0.2) is 0 Å². The van der Waals surface area contributed by atoms with Gasteiger partial charge in [-0.1, -0.05) is 6.92 Å². The topological polar surface area (TPSA) is 40.5 Å². The fraction of sp³-hybridized carbons (Fsp3) is 0.917. The summed E-state index contributed by atoms with van der Waals surface area (Å²) < 4.78 is 0. The summed E-state index contributed by atoms with van der Waals surface area (Å²) in [6, 6.07) is 0.461. The maximum atomic E-state index is 11.4. The SMILES string of the molecule is CC1SCCCC1N1CCCC1(C)C(=O)O. The third-order valence-corrected chi connectivity index (χ3v) is 5.49. The molecule has 2 heterocycles. The average Bonchev–Trinajstić information content (AvgIpc) is 2.63. The number of hydrogen-bond acceptors (Lipinski definition) is 3. The number of aliphatic carboxylic acids is 1. The lowest BCUT2D eigenvalue weighted by Crippen LogP contribution is -2.55. The standard InChI is InChI=1S/C12H21NO2S/c1-9-10(5-3-8-16-9)13-7-4-6-12(13,2)11(14)15/h9-10H,3-8H2,1-2H3,(H,14,15). The van der Waals surface area contributed by atoms with Crippen LogP contribution in [0, 0.1) is 0 Å². The summed E-state index contributed by atoms with van der Waals surface area (Å²) in [7, 11) is 0. The smallest absolute Gasteiger partial charge is 0.323 e. The molecule has 4 heteroatoms. The first-order chi connectivity index (χ1) is 7.55. The second-order valence-electron chi connectivity index (χ2n) is 5.16. The van der Waals surface area contributed by atoms with Gasteiger partial charge in [-0.2, -0.15) is 11.8 Å². The molecule has 2 rings (SSSR count). The molecule has 0 radical (unpaired) electrons. The highest BCUT2D eigenvalue weighted by Gasteiger charge is 2.47. The van der Waals surface area contributed by atoms with Crippen molar-refractivity contribution in [2.24, 2.45) is 0 Å². The van der Waals surface area contributed by atoms with Crippen LogP contribution in [0.3, 0.4) is 0 Å². The summed E-state index contributed by atoms with van der Waals surface area (Å²) in [5.74, 6) is 0.586. The maximum absolute atomic E-state index is 11.4. The number of hydrogen-bond donors (Lipinski definition) is 1. The summed E-state index contributed by atoms with van der Waals surface area (Å²) in [4.78, 5) is 13.7. The Morgan fingerprint density at radius 1 is 1.50 bits per heavy atom. The molecule has 2 saturated heterocycles. The molecule has 2 aliphatic rings. The minimum absolute atomic E-state index is 0.461. The van der Waals surface area contributed by atoms with Crippen molar-refractivity contribution in [2.45, 2.75) is 56.4 Å². The first-order valence-corrected chi connectivity index (χ1v) is 7.22. The van der Waals surface area contributed by atoms with Crippen LogP contribution in [0.2, 0.25) is 0 Å². The molecule has 2 aliphatic heterocycles. The minimum Gasteiger partial charge on any atom is -0.480 e. The highest BCUT2D eigenvalue weighted by atomic mass is 32.2. The minimum atomic E-state index is -0.646. The van der Waals surface area contributed by atoms with Crippen molar-refractivity contribution < 1.29 is 9.90 Å². The average molecular weight is 243 g/mol. The van der Waals surface area contributed by atoms with Gasteiger partial charge < -0.3 is 5.11 Å². The van der Waals surface area contributed by atoms with E-state index in [1.165, 1.54) is 12.2 Å². The quantitative estimate of drug-likeness (QED) is 0.807. The van der Waals surface area contributed by atoms with Crippen LogP contribution in [0.4, 0.5) is 0 Å². The fourth-order valence-corrected chi connectivity index (χ4v) is 4.27. The van der Waals surface area contributed by atoms with Crippen LogP contribution in [-0.4, -0.2) is 45.1 Å². The van der Waals surface area contributed by atoms with E-state index in [1.807, 2.05) is 18.7 Å². The van der Waals surface area contributed by atoms with Crippen LogP contribution in [0.1, 0.15) is 39.5 Å². The summed E-state index contributed by atoms with van der Waals surface area (Å²) in [5.41, 5.74) is -0.614. The van der Waals surface area contributed by atoms with Crippen LogP contribution < -0.4 is 0 Å². The Labute approximate surface area is 102 Å². The lowest BCUT2D eigenvalue weighted by molar-refractivity contribution is -0.150. The molecule has 2 fully saturated rings. The van der Waals surface area contributed by atoms with Crippen LogP contribution in [-0.2, 0) is 4.79 Å². The van der Waals surface area contributed by atoms with Gasteiger partial charge in [0, 0.05) is 11.3 Å². The lowest BCUT2D eigenvalue weighted by Gasteiger charge is -2.42. The molecule has 0 amide bonds. The number of thioether (sulfide) groups is 1. The number of likely N-dealkylation sites (tertiary alicyclic amines) is 1. The Bertz CT molecular complexity index is 284. The largest absolute Gasteiger partial charge is 0.480 e. The number of carbonyl (C=O) groups is 1. The van der Waals surface area contributed by atoms with Gasteiger partial charge in [-0.05, 0) is 44.9 Å². The second kappa shape index (κ2) is 4.57. The fourth-order valence-electron chi connectivity index (χ4n) is 3.06. The van der Waals surface area contributed by atoms with Gasteiger partial charge >= 0.3 is 5.97 Å². The van der Waals surface area contributed by atoms with Gasteiger partial charge in [-0.15, -0.1) is 0 Å². The summed E-state index contributed by atoms with van der Waals surface area (Å²) in [6.07, 6.45) is 4.22. The molecule has 16 heavy (non-hydrogen) atoms. The van der Waals surface area contributed by atoms with Crippen molar-refractivity contribution in [2.75, 3.05) is 12.3 Å². The van der Waals surface area contributed by atoms with Crippen molar-refractivity contribution in [1.82, 2.24) is 4.90 Å². The zero-order valence-corrected chi connectivity index (χ0v) is 10.9. The lowest BCUT2D eigenvalue weighted by atomic mass is 9.95. The molecule has 0 aromatic carbocycles. The van der Waals surface area contributed by atoms with Crippen molar-refractivity contribution in [1.29, 1.82) is 0 Å². The second-order valence-corrected chi connectivity index (χ2v) is 6.65. The van der Waals surface area contributed by atoms with Gasteiger partial charge in [-0.3, -0.25) is 9.69 Å². The summed E-state index contributed by atoms with van der Waals surface area (Å²) in [6.45, 7) is 5.10. The van der Waals surface area contributed by atoms with Gasteiger partial charge in [0.05, 0.1) is 0 Å². The van der Waals surface area contributed by atoms with Gasteiger partial charge in [0.15, 0.2) is 0 Å². The molecule has 0 aromatic rings. The molecule has 3 nitrogen and oxygen atoms in total. The Morgan fingerprint density at radius 3 is 2.88 bits per heavy atom. The Morgan fingerprint density at radius 2 is 2.25 bits per heavy atom. The van der Waals surface area contributed by atoms with E-state index < -0.39 is 11.5 Å². The molecular weight excluding hydrogens is 222 g/mol. The predicted molar refractivity (Wildman–Crippen MR) is 66.9 cm³/mol. The number of carboxylic acids is 1. The zero-order valence-electron chi connectivity index (χ0n) is 10.1. The van der Waals surface area contributed by atoms with Gasteiger partial charge in [-0.25, -0.2) is 0 Å². The molecule has 3 unspecified atom stereocenters. The molecule has 3 atom stereocenters. The van der Waals surface area contributed by atoms with Crippen molar-refractivity contribution >= 4 is 17.7 Å². The van der Waals surface area contributed by atoms with E-state index in [2.05, 4.69) is 11.8 Å². The molecule has 0 spiro atoms. The van der Waals surface area contributed by atoms with E-state index in [-0.39, 0.29) is 0 Å². The van der Waals surface area contributed by atoms with E-state index in [0.717, 1.165) is 25.8 Å². The third-order valence-electron chi connectivity index (χ3n) is 4.12. The molecule has 92 valence electrons.